The Balaban J connectivity index is 1.41. The Morgan fingerprint density at radius 3 is 2.05 bits per heavy atom. The molecule has 1 radical (unpaired) electrons. The molecule has 0 unspecified atom stereocenters. The van der Waals surface area contributed by atoms with Crippen molar-refractivity contribution in [3.63, 3.8) is 0 Å². The van der Waals surface area contributed by atoms with E-state index in [1.54, 1.807) is 0 Å². The molecule has 1 saturated heterocycles. The van der Waals surface area contributed by atoms with Crippen molar-refractivity contribution in [2.75, 3.05) is 32.7 Å². The maximum atomic E-state index is 3.94. The molecule has 0 spiro atoms. The molecule has 0 N–H and O–H groups in total. The van der Waals surface area contributed by atoms with Gasteiger partial charge in [-0.1, -0.05) is 54.6 Å². The fourth-order valence-corrected chi connectivity index (χ4v) is 3.01. The predicted octanol–water partition coefficient (Wildman–Crippen LogP) is 3.23. The van der Waals surface area contributed by atoms with E-state index < -0.39 is 0 Å². The van der Waals surface area contributed by atoms with Gasteiger partial charge in [0.05, 0.1) is 0 Å². The van der Waals surface area contributed by atoms with Crippen LogP contribution in [0.3, 0.4) is 0 Å². The summed E-state index contributed by atoms with van der Waals surface area (Å²) >= 11 is 0. The topological polar surface area (TPSA) is 6.48 Å². The zero-order valence-electron chi connectivity index (χ0n) is 13.2. The summed E-state index contributed by atoms with van der Waals surface area (Å²) in [6.07, 6.45) is 1.16. The van der Waals surface area contributed by atoms with E-state index in [1.807, 2.05) is 0 Å². The number of hydrogen-bond acceptors (Lipinski definition) is 2. The van der Waals surface area contributed by atoms with E-state index in [1.165, 1.54) is 43.9 Å². The van der Waals surface area contributed by atoms with Crippen molar-refractivity contribution in [1.29, 1.82) is 0 Å². The highest BCUT2D eigenvalue weighted by molar-refractivity contribution is 5.24. The summed E-state index contributed by atoms with van der Waals surface area (Å²) in [5.41, 5.74) is 3.93. The van der Waals surface area contributed by atoms with Gasteiger partial charge in [0.2, 0.25) is 0 Å². The fraction of sp³-hybridized carbons (Fsp3) is 0.350. The van der Waals surface area contributed by atoms with Gasteiger partial charge in [-0.2, -0.15) is 0 Å². The molecule has 1 heterocycles. The smallest absolute Gasteiger partial charge is 0.0234 e. The minimum Gasteiger partial charge on any atom is -0.300 e. The molecule has 2 nitrogen and oxygen atoms in total. The standard InChI is InChI=1S/C20H25N2/c1-18-7-9-20(10-8-18)17-22-15-13-21(14-16-22)12-11-19-5-3-2-4-6-19/h2-10H,1,11-17H2. The highest BCUT2D eigenvalue weighted by atomic mass is 15.3. The Morgan fingerprint density at radius 1 is 0.727 bits per heavy atom. The normalized spacial score (nSPS) is 16.8. The van der Waals surface area contributed by atoms with Crippen LogP contribution in [-0.4, -0.2) is 42.5 Å². The van der Waals surface area contributed by atoms with Crippen molar-refractivity contribution in [3.05, 3.63) is 78.2 Å². The molecule has 0 bridgehead atoms. The molecule has 1 fully saturated rings. The molecule has 2 aromatic carbocycles. The first kappa shape index (κ1) is 15.3. The SMILES string of the molecule is [CH2]c1ccc(CN2CCN(CCc3ccccc3)CC2)cc1. The highest BCUT2D eigenvalue weighted by Gasteiger charge is 2.16. The minimum absolute atomic E-state index is 1.06. The van der Waals surface area contributed by atoms with Crippen LogP contribution in [-0.2, 0) is 13.0 Å². The van der Waals surface area contributed by atoms with E-state index in [-0.39, 0.29) is 0 Å². The zero-order valence-corrected chi connectivity index (χ0v) is 13.2. The van der Waals surface area contributed by atoms with Gasteiger partial charge in [0.1, 0.15) is 0 Å². The van der Waals surface area contributed by atoms with Crippen LogP contribution in [0.5, 0.6) is 0 Å². The van der Waals surface area contributed by atoms with E-state index >= 15 is 0 Å². The minimum atomic E-state index is 1.06. The lowest BCUT2D eigenvalue weighted by atomic mass is 10.1. The molecule has 0 saturated carbocycles. The van der Waals surface area contributed by atoms with E-state index in [0.29, 0.717) is 0 Å². The van der Waals surface area contributed by atoms with E-state index in [0.717, 1.165) is 18.5 Å². The summed E-state index contributed by atoms with van der Waals surface area (Å²) < 4.78 is 0. The summed E-state index contributed by atoms with van der Waals surface area (Å²) in [5, 5.41) is 0. The van der Waals surface area contributed by atoms with E-state index in [9.17, 15) is 0 Å². The average Bonchev–Trinajstić information content (AvgIpc) is 2.57. The van der Waals surface area contributed by atoms with Gasteiger partial charge < -0.3 is 4.90 Å². The molecule has 115 valence electrons. The van der Waals surface area contributed by atoms with E-state index in [2.05, 4.69) is 71.3 Å². The molecule has 2 aromatic rings. The average molecular weight is 293 g/mol. The number of rotatable bonds is 5. The molecule has 22 heavy (non-hydrogen) atoms. The highest BCUT2D eigenvalue weighted by Crippen LogP contribution is 2.10. The number of nitrogens with zero attached hydrogens (tertiary/aromatic N) is 2. The Morgan fingerprint density at radius 2 is 1.36 bits per heavy atom. The van der Waals surface area contributed by atoms with Gasteiger partial charge in [-0.3, -0.25) is 4.90 Å². The van der Waals surface area contributed by atoms with Gasteiger partial charge in [-0.25, -0.2) is 0 Å². The lowest BCUT2D eigenvalue weighted by molar-refractivity contribution is 0.128. The summed E-state index contributed by atoms with van der Waals surface area (Å²) in [6.45, 7) is 10.9. The summed E-state index contributed by atoms with van der Waals surface area (Å²) in [7, 11) is 0. The summed E-state index contributed by atoms with van der Waals surface area (Å²) in [5.74, 6) is 0. The Bertz CT molecular complexity index is 554. The third-order valence-corrected chi connectivity index (χ3v) is 4.45. The maximum Gasteiger partial charge on any atom is 0.0234 e. The van der Waals surface area contributed by atoms with Gasteiger partial charge in [-0.15, -0.1) is 0 Å². The van der Waals surface area contributed by atoms with Gasteiger partial charge in [0.25, 0.3) is 0 Å². The Labute approximate surface area is 134 Å². The van der Waals surface area contributed by atoms with Crippen molar-refractivity contribution >= 4 is 0 Å². The predicted molar refractivity (Wildman–Crippen MR) is 92.8 cm³/mol. The number of benzene rings is 2. The van der Waals surface area contributed by atoms with Crippen LogP contribution < -0.4 is 0 Å². The van der Waals surface area contributed by atoms with Gasteiger partial charge in [-0.05, 0) is 30.0 Å². The fourth-order valence-electron chi connectivity index (χ4n) is 3.01. The van der Waals surface area contributed by atoms with Gasteiger partial charge in [0, 0.05) is 39.3 Å². The van der Waals surface area contributed by atoms with E-state index in [4.69, 9.17) is 0 Å². The second-order valence-electron chi connectivity index (χ2n) is 6.17. The Hall–Kier alpha value is -1.64. The third-order valence-electron chi connectivity index (χ3n) is 4.45. The van der Waals surface area contributed by atoms with Crippen LogP contribution in [0, 0.1) is 6.92 Å². The van der Waals surface area contributed by atoms with Crippen LogP contribution in [0.2, 0.25) is 0 Å². The first-order valence-electron chi connectivity index (χ1n) is 8.19. The molecule has 1 aliphatic heterocycles. The lowest BCUT2D eigenvalue weighted by Crippen LogP contribution is -2.46. The number of piperazine rings is 1. The van der Waals surface area contributed by atoms with Crippen molar-refractivity contribution in [2.45, 2.75) is 13.0 Å². The van der Waals surface area contributed by atoms with Crippen LogP contribution in [0.1, 0.15) is 16.7 Å². The van der Waals surface area contributed by atoms with Crippen LogP contribution in [0.25, 0.3) is 0 Å². The molecule has 0 atom stereocenters. The Kier molecular flexibility index (Phi) is 5.25. The summed E-state index contributed by atoms with van der Waals surface area (Å²) in [4.78, 5) is 5.14. The lowest BCUT2D eigenvalue weighted by Gasteiger charge is -2.34. The molecule has 0 aliphatic carbocycles. The largest absolute Gasteiger partial charge is 0.300 e. The molecule has 0 aromatic heterocycles. The monoisotopic (exact) mass is 293 g/mol. The molecule has 2 heteroatoms. The van der Waals surface area contributed by atoms with Crippen LogP contribution in [0.15, 0.2) is 54.6 Å². The first-order valence-corrected chi connectivity index (χ1v) is 8.19. The van der Waals surface area contributed by atoms with Crippen molar-refractivity contribution in [1.82, 2.24) is 9.80 Å². The second-order valence-corrected chi connectivity index (χ2v) is 6.17. The first-order chi connectivity index (χ1) is 10.8. The zero-order chi connectivity index (χ0) is 15.2. The third kappa shape index (κ3) is 4.43. The maximum absolute atomic E-state index is 3.94. The van der Waals surface area contributed by atoms with Crippen LogP contribution in [0.4, 0.5) is 0 Å². The second kappa shape index (κ2) is 7.57. The van der Waals surface area contributed by atoms with Gasteiger partial charge in [0.15, 0.2) is 0 Å². The number of hydrogen-bond donors (Lipinski definition) is 0. The molecular weight excluding hydrogens is 268 g/mol. The summed E-state index contributed by atoms with van der Waals surface area (Å²) in [6, 6.07) is 19.4. The molecular formula is C20H25N2. The molecule has 0 amide bonds. The van der Waals surface area contributed by atoms with Crippen molar-refractivity contribution < 1.29 is 0 Å². The van der Waals surface area contributed by atoms with Gasteiger partial charge >= 0.3 is 0 Å². The van der Waals surface area contributed by atoms with Crippen LogP contribution >= 0.6 is 0 Å². The molecule has 1 aliphatic rings. The van der Waals surface area contributed by atoms with Crippen molar-refractivity contribution in [2.24, 2.45) is 0 Å². The molecule has 3 rings (SSSR count). The quantitative estimate of drug-likeness (QED) is 0.835. The van der Waals surface area contributed by atoms with Crippen molar-refractivity contribution in [3.8, 4) is 0 Å².